The maximum absolute atomic E-state index is 12.1. The van der Waals surface area contributed by atoms with Crippen LogP contribution in [0.2, 0.25) is 0 Å². The molecule has 1 heterocycles. The second-order valence-electron chi connectivity index (χ2n) is 7.47. The van der Waals surface area contributed by atoms with Crippen LogP contribution in [0, 0.1) is 5.92 Å². The lowest BCUT2D eigenvalue weighted by Gasteiger charge is -2.11. The van der Waals surface area contributed by atoms with Gasteiger partial charge in [0.15, 0.2) is 0 Å². The molecule has 0 aliphatic rings. The third kappa shape index (κ3) is 5.43. The van der Waals surface area contributed by atoms with Crippen molar-refractivity contribution < 1.29 is 4.79 Å². The summed E-state index contributed by atoms with van der Waals surface area (Å²) in [5.41, 5.74) is 3.32. The minimum absolute atomic E-state index is 0.0783. The lowest BCUT2D eigenvalue weighted by Crippen LogP contribution is -2.26. The number of aromatic nitrogens is 2. The number of carbonyl (C=O) groups excluding carboxylic acids is 1. The van der Waals surface area contributed by atoms with Gasteiger partial charge < -0.3 is 9.88 Å². The van der Waals surface area contributed by atoms with Gasteiger partial charge in [-0.3, -0.25) is 4.79 Å². The highest BCUT2D eigenvalue weighted by Gasteiger charge is 2.11. The molecule has 0 saturated heterocycles. The number of amides is 1. The molecule has 0 unspecified atom stereocenters. The Morgan fingerprint density at radius 2 is 1.81 bits per heavy atom. The van der Waals surface area contributed by atoms with Gasteiger partial charge in [0, 0.05) is 19.5 Å². The Kier molecular flexibility index (Phi) is 6.64. The molecular formula is C23H29N3O. The van der Waals surface area contributed by atoms with Crippen molar-refractivity contribution in [1.82, 2.24) is 14.9 Å². The van der Waals surface area contributed by atoms with E-state index in [1.165, 1.54) is 5.52 Å². The molecule has 0 saturated carbocycles. The Morgan fingerprint density at radius 1 is 1.07 bits per heavy atom. The highest BCUT2D eigenvalue weighted by Crippen LogP contribution is 2.18. The average molecular weight is 364 g/mol. The van der Waals surface area contributed by atoms with Crippen LogP contribution in [0.3, 0.4) is 0 Å². The van der Waals surface area contributed by atoms with Gasteiger partial charge in [-0.15, -0.1) is 0 Å². The van der Waals surface area contributed by atoms with E-state index in [1.807, 2.05) is 36.4 Å². The maximum atomic E-state index is 12.1. The number of hydrogen-bond acceptors (Lipinski definition) is 2. The van der Waals surface area contributed by atoms with E-state index in [4.69, 9.17) is 4.98 Å². The van der Waals surface area contributed by atoms with Crippen molar-refractivity contribution >= 4 is 16.9 Å². The standard InChI is InChI=1S/C23H29N3O/c1-18(2)14-16-26-21-12-7-6-11-20(21)25-22(26)13-8-15-24-23(27)17-19-9-4-3-5-10-19/h3-7,9-12,18H,8,13-17H2,1-2H3,(H,24,27). The van der Waals surface area contributed by atoms with Gasteiger partial charge in [0.05, 0.1) is 17.5 Å². The van der Waals surface area contributed by atoms with Crippen LogP contribution in [0.15, 0.2) is 54.6 Å². The first-order valence-electron chi connectivity index (χ1n) is 9.88. The topological polar surface area (TPSA) is 46.9 Å². The van der Waals surface area contributed by atoms with Crippen LogP contribution in [0.5, 0.6) is 0 Å². The number of rotatable bonds is 9. The van der Waals surface area contributed by atoms with Crippen LogP contribution in [0.25, 0.3) is 11.0 Å². The van der Waals surface area contributed by atoms with Crippen LogP contribution < -0.4 is 5.32 Å². The third-order valence-corrected chi connectivity index (χ3v) is 4.77. The molecule has 0 bridgehead atoms. The summed E-state index contributed by atoms with van der Waals surface area (Å²) in [5.74, 6) is 1.86. The molecule has 0 radical (unpaired) electrons. The van der Waals surface area contributed by atoms with Crippen molar-refractivity contribution in [2.75, 3.05) is 6.54 Å². The van der Waals surface area contributed by atoms with Gasteiger partial charge in [-0.1, -0.05) is 56.3 Å². The number of fused-ring (bicyclic) bond motifs is 1. The maximum Gasteiger partial charge on any atom is 0.224 e. The molecule has 0 aliphatic heterocycles. The van der Waals surface area contributed by atoms with Crippen molar-refractivity contribution in [3.63, 3.8) is 0 Å². The molecule has 3 aromatic rings. The number of hydrogen-bond donors (Lipinski definition) is 1. The van der Waals surface area contributed by atoms with Crippen LogP contribution in [0.4, 0.5) is 0 Å². The normalized spacial score (nSPS) is 11.2. The second-order valence-corrected chi connectivity index (χ2v) is 7.47. The zero-order valence-electron chi connectivity index (χ0n) is 16.3. The molecule has 3 rings (SSSR count). The summed E-state index contributed by atoms with van der Waals surface area (Å²) in [5, 5.41) is 3.03. The molecule has 0 atom stereocenters. The highest BCUT2D eigenvalue weighted by atomic mass is 16.1. The van der Waals surface area contributed by atoms with E-state index >= 15 is 0 Å². The lowest BCUT2D eigenvalue weighted by atomic mass is 10.1. The van der Waals surface area contributed by atoms with Crippen molar-refractivity contribution in [3.05, 3.63) is 66.0 Å². The lowest BCUT2D eigenvalue weighted by molar-refractivity contribution is -0.120. The minimum atomic E-state index is 0.0783. The Bertz CT molecular complexity index is 868. The predicted octanol–water partition coefficient (Wildman–Crippen LogP) is 4.37. The molecule has 0 fully saturated rings. The van der Waals surface area contributed by atoms with E-state index in [1.54, 1.807) is 0 Å². The summed E-state index contributed by atoms with van der Waals surface area (Å²) in [7, 11) is 0. The van der Waals surface area contributed by atoms with E-state index in [-0.39, 0.29) is 5.91 Å². The van der Waals surface area contributed by atoms with Gasteiger partial charge in [0.1, 0.15) is 5.82 Å². The van der Waals surface area contributed by atoms with Gasteiger partial charge in [0.25, 0.3) is 0 Å². The summed E-state index contributed by atoms with van der Waals surface area (Å²) in [4.78, 5) is 16.9. The third-order valence-electron chi connectivity index (χ3n) is 4.77. The summed E-state index contributed by atoms with van der Waals surface area (Å²) in [6.07, 6.45) is 3.35. The Labute approximate surface area is 161 Å². The Hall–Kier alpha value is -2.62. The molecule has 1 amide bonds. The molecule has 0 aliphatic carbocycles. The molecule has 1 aromatic heterocycles. The van der Waals surface area contributed by atoms with Gasteiger partial charge in [-0.2, -0.15) is 0 Å². The molecular weight excluding hydrogens is 334 g/mol. The van der Waals surface area contributed by atoms with Gasteiger partial charge >= 0.3 is 0 Å². The summed E-state index contributed by atoms with van der Waals surface area (Å²) in [6, 6.07) is 18.2. The molecule has 27 heavy (non-hydrogen) atoms. The van der Waals surface area contributed by atoms with Crippen molar-refractivity contribution in [2.24, 2.45) is 5.92 Å². The van der Waals surface area contributed by atoms with Gasteiger partial charge in [0.2, 0.25) is 5.91 Å². The van der Waals surface area contributed by atoms with Crippen molar-refractivity contribution in [1.29, 1.82) is 0 Å². The van der Waals surface area contributed by atoms with Crippen molar-refractivity contribution in [3.8, 4) is 0 Å². The SMILES string of the molecule is CC(C)CCn1c(CCCNC(=O)Cc2ccccc2)nc2ccccc21. The number of imidazole rings is 1. The predicted molar refractivity (Wildman–Crippen MR) is 111 cm³/mol. The van der Waals surface area contributed by atoms with E-state index in [0.717, 1.165) is 42.7 Å². The van der Waals surface area contributed by atoms with Crippen LogP contribution in [-0.4, -0.2) is 22.0 Å². The fourth-order valence-electron chi connectivity index (χ4n) is 3.27. The van der Waals surface area contributed by atoms with E-state index in [9.17, 15) is 4.79 Å². The van der Waals surface area contributed by atoms with Crippen LogP contribution in [-0.2, 0) is 24.2 Å². The number of benzene rings is 2. The van der Waals surface area contributed by atoms with Gasteiger partial charge in [-0.25, -0.2) is 4.98 Å². The van der Waals surface area contributed by atoms with Crippen LogP contribution >= 0.6 is 0 Å². The van der Waals surface area contributed by atoms with E-state index < -0.39 is 0 Å². The monoisotopic (exact) mass is 363 g/mol. The largest absolute Gasteiger partial charge is 0.356 e. The minimum Gasteiger partial charge on any atom is -0.356 e. The van der Waals surface area contributed by atoms with E-state index in [0.29, 0.717) is 18.9 Å². The zero-order chi connectivity index (χ0) is 19.1. The highest BCUT2D eigenvalue weighted by molar-refractivity contribution is 5.78. The number of para-hydroxylation sites is 2. The second kappa shape index (κ2) is 9.36. The number of nitrogens with one attached hydrogen (secondary N) is 1. The molecule has 4 nitrogen and oxygen atoms in total. The smallest absolute Gasteiger partial charge is 0.224 e. The summed E-state index contributed by atoms with van der Waals surface area (Å²) >= 11 is 0. The van der Waals surface area contributed by atoms with Crippen molar-refractivity contribution in [2.45, 2.75) is 46.1 Å². The average Bonchev–Trinajstić information content (AvgIpc) is 3.02. The molecule has 142 valence electrons. The number of aryl methyl sites for hydroxylation is 2. The van der Waals surface area contributed by atoms with Crippen LogP contribution in [0.1, 0.15) is 38.1 Å². The van der Waals surface area contributed by atoms with E-state index in [2.05, 4.69) is 41.9 Å². The Morgan fingerprint density at radius 3 is 2.59 bits per heavy atom. The fourth-order valence-corrected chi connectivity index (χ4v) is 3.27. The molecule has 4 heteroatoms. The molecule has 0 spiro atoms. The first-order chi connectivity index (χ1) is 13.1. The molecule has 1 N–H and O–H groups in total. The summed E-state index contributed by atoms with van der Waals surface area (Å²) in [6.45, 7) is 6.18. The first-order valence-corrected chi connectivity index (χ1v) is 9.88. The quantitative estimate of drug-likeness (QED) is 0.574. The number of carbonyl (C=O) groups is 1. The molecule has 2 aromatic carbocycles. The van der Waals surface area contributed by atoms with Gasteiger partial charge in [-0.05, 0) is 36.5 Å². The fraction of sp³-hybridized carbons (Fsp3) is 0.391. The summed E-state index contributed by atoms with van der Waals surface area (Å²) < 4.78 is 2.35. The zero-order valence-corrected chi connectivity index (χ0v) is 16.3. The number of nitrogens with zero attached hydrogens (tertiary/aromatic N) is 2. The first kappa shape index (κ1) is 19.2. The Balaban J connectivity index is 1.55.